The van der Waals surface area contributed by atoms with E-state index in [2.05, 4.69) is 142 Å². The molecule has 0 saturated carbocycles. The van der Waals surface area contributed by atoms with E-state index in [-0.39, 0.29) is 31.1 Å². The molecule has 0 aliphatic carbocycles. The van der Waals surface area contributed by atoms with Crippen LogP contribution < -0.4 is 0 Å². The lowest BCUT2D eigenvalue weighted by molar-refractivity contribution is -0.167. The van der Waals surface area contributed by atoms with Crippen LogP contribution in [0.2, 0.25) is 0 Å². The summed E-state index contributed by atoms with van der Waals surface area (Å²) in [5.74, 6) is -0.943. The van der Waals surface area contributed by atoms with E-state index in [0.717, 1.165) is 122 Å². The van der Waals surface area contributed by atoms with Gasteiger partial charge in [-0.3, -0.25) is 14.4 Å². The first-order valence-electron chi connectivity index (χ1n) is 29.0. The number of rotatable bonds is 51. The molecule has 0 bridgehead atoms. The van der Waals surface area contributed by atoms with Crippen LogP contribution in [-0.4, -0.2) is 37.2 Å². The fraction of sp³-hybridized carbons (Fsp3) is 0.646. The van der Waals surface area contributed by atoms with Gasteiger partial charge in [0.2, 0.25) is 0 Å². The van der Waals surface area contributed by atoms with E-state index in [9.17, 15) is 14.4 Å². The van der Waals surface area contributed by atoms with Crippen molar-refractivity contribution < 1.29 is 28.6 Å². The first-order valence-corrected chi connectivity index (χ1v) is 29.0. The van der Waals surface area contributed by atoms with Crippen LogP contribution in [0.25, 0.3) is 0 Å². The average molecular weight is 984 g/mol. The third-order valence-corrected chi connectivity index (χ3v) is 12.0. The van der Waals surface area contributed by atoms with E-state index in [1.165, 1.54) is 89.9 Å². The third kappa shape index (κ3) is 56.6. The first kappa shape index (κ1) is 66.8. The fourth-order valence-electron chi connectivity index (χ4n) is 7.65. The number of ether oxygens (including phenoxy) is 3. The highest BCUT2D eigenvalue weighted by Gasteiger charge is 2.19. The van der Waals surface area contributed by atoms with Gasteiger partial charge in [0.05, 0.1) is 0 Å². The van der Waals surface area contributed by atoms with Gasteiger partial charge in [0.15, 0.2) is 6.10 Å². The maximum absolute atomic E-state index is 12.8. The normalized spacial score (nSPS) is 13.0. The van der Waals surface area contributed by atoms with Gasteiger partial charge in [-0.1, -0.05) is 258 Å². The molecule has 6 nitrogen and oxygen atoms in total. The second-order valence-electron chi connectivity index (χ2n) is 18.8. The Morgan fingerprint density at radius 2 is 0.549 bits per heavy atom. The molecule has 0 amide bonds. The van der Waals surface area contributed by atoms with E-state index < -0.39 is 6.10 Å². The molecule has 0 aliphatic heterocycles. The van der Waals surface area contributed by atoms with Gasteiger partial charge in [0.1, 0.15) is 13.2 Å². The van der Waals surface area contributed by atoms with Crippen LogP contribution in [0.15, 0.2) is 122 Å². The standard InChI is InChI=1S/C65H106O6/c1-4-7-10-13-16-19-21-23-24-25-26-27-28-29-30-31-32-33-34-35-36-37-38-39-40-41-42-43-45-46-49-52-55-58-64(67)70-61-62(60-69-63(66)57-54-51-48-18-15-12-9-6-3)71-65(68)59-56-53-50-47-44-22-20-17-14-11-8-5-2/h7,10,16,19,23-24,26-27,29-30,32-33,35-36,38-39,41-42,45-46,62H,4-6,8-9,11-15,17-18,20-22,25,28,31,34,37,40,43-44,47-61H2,1-3H3/b10-7-,19-16-,24-23-,27-26-,30-29-,33-32-,36-35-,39-38-,42-41-,46-45-. The Labute approximate surface area is 437 Å². The smallest absolute Gasteiger partial charge is 0.306 e. The van der Waals surface area contributed by atoms with Crippen molar-refractivity contribution in [2.24, 2.45) is 0 Å². The molecule has 0 spiro atoms. The van der Waals surface area contributed by atoms with E-state index in [0.29, 0.717) is 19.3 Å². The van der Waals surface area contributed by atoms with Gasteiger partial charge >= 0.3 is 17.9 Å². The van der Waals surface area contributed by atoms with Crippen molar-refractivity contribution in [1.82, 2.24) is 0 Å². The maximum atomic E-state index is 12.8. The van der Waals surface area contributed by atoms with Gasteiger partial charge in [-0.25, -0.2) is 0 Å². The summed E-state index contributed by atoms with van der Waals surface area (Å²) in [5, 5.41) is 0. The second-order valence-corrected chi connectivity index (χ2v) is 18.8. The summed E-state index contributed by atoms with van der Waals surface area (Å²) < 4.78 is 16.7. The van der Waals surface area contributed by atoms with Crippen LogP contribution in [0.3, 0.4) is 0 Å². The maximum Gasteiger partial charge on any atom is 0.306 e. The topological polar surface area (TPSA) is 78.9 Å². The predicted octanol–water partition coefficient (Wildman–Crippen LogP) is 19.6. The zero-order valence-corrected chi connectivity index (χ0v) is 45.9. The first-order chi connectivity index (χ1) is 35.0. The number of hydrogen-bond donors (Lipinski definition) is 0. The summed E-state index contributed by atoms with van der Waals surface area (Å²) in [7, 11) is 0. The van der Waals surface area contributed by atoms with Crippen LogP contribution in [-0.2, 0) is 28.6 Å². The quantitative estimate of drug-likeness (QED) is 0.0261. The minimum absolute atomic E-state index is 0.0908. The minimum atomic E-state index is -0.792. The van der Waals surface area contributed by atoms with Crippen molar-refractivity contribution in [2.45, 2.75) is 258 Å². The molecule has 1 atom stereocenters. The summed E-state index contributed by atoms with van der Waals surface area (Å²) >= 11 is 0. The van der Waals surface area contributed by atoms with E-state index >= 15 is 0 Å². The molecule has 0 fully saturated rings. The molecule has 0 heterocycles. The Morgan fingerprint density at radius 3 is 0.859 bits per heavy atom. The van der Waals surface area contributed by atoms with Crippen molar-refractivity contribution in [2.75, 3.05) is 13.2 Å². The molecule has 0 rings (SSSR count). The number of unbranched alkanes of at least 4 members (excludes halogenated alkanes) is 20. The minimum Gasteiger partial charge on any atom is -0.462 e. The predicted molar refractivity (Wildman–Crippen MR) is 306 cm³/mol. The lowest BCUT2D eigenvalue weighted by atomic mass is 10.0. The van der Waals surface area contributed by atoms with E-state index in [1.807, 2.05) is 0 Å². The number of carbonyl (C=O) groups is 3. The number of esters is 3. The van der Waals surface area contributed by atoms with Crippen molar-refractivity contribution in [3.8, 4) is 0 Å². The highest BCUT2D eigenvalue weighted by atomic mass is 16.6. The largest absolute Gasteiger partial charge is 0.462 e. The Morgan fingerprint density at radius 1 is 0.296 bits per heavy atom. The highest BCUT2D eigenvalue weighted by Crippen LogP contribution is 2.14. The van der Waals surface area contributed by atoms with E-state index in [4.69, 9.17) is 14.2 Å². The zero-order valence-electron chi connectivity index (χ0n) is 45.9. The Bertz CT molecular complexity index is 1500. The molecular formula is C65H106O6. The fourth-order valence-corrected chi connectivity index (χ4v) is 7.65. The summed E-state index contributed by atoms with van der Waals surface area (Å²) in [6.45, 7) is 6.45. The van der Waals surface area contributed by atoms with E-state index in [1.54, 1.807) is 0 Å². The molecule has 6 heteroatoms. The summed E-state index contributed by atoms with van der Waals surface area (Å²) in [4.78, 5) is 37.9. The van der Waals surface area contributed by atoms with Crippen molar-refractivity contribution >= 4 is 17.9 Å². The van der Waals surface area contributed by atoms with Gasteiger partial charge in [-0.2, -0.15) is 0 Å². The summed E-state index contributed by atoms with van der Waals surface area (Å²) in [6.07, 6.45) is 80.7. The molecule has 0 aromatic heterocycles. The molecule has 1 unspecified atom stereocenters. The van der Waals surface area contributed by atoms with Crippen LogP contribution in [0.5, 0.6) is 0 Å². The van der Waals surface area contributed by atoms with Gasteiger partial charge in [0.25, 0.3) is 0 Å². The average Bonchev–Trinajstić information content (AvgIpc) is 3.37. The van der Waals surface area contributed by atoms with Crippen LogP contribution >= 0.6 is 0 Å². The molecule has 0 aromatic rings. The molecule has 71 heavy (non-hydrogen) atoms. The van der Waals surface area contributed by atoms with Gasteiger partial charge in [-0.15, -0.1) is 0 Å². The molecular weight excluding hydrogens is 877 g/mol. The van der Waals surface area contributed by atoms with Crippen LogP contribution in [0, 0.1) is 0 Å². The Hall–Kier alpha value is -4.19. The molecule has 0 aliphatic rings. The second kappa shape index (κ2) is 58.4. The number of allylic oxidation sites excluding steroid dienone is 20. The van der Waals surface area contributed by atoms with Crippen molar-refractivity contribution in [3.05, 3.63) is 122 Å². The van der Waals surface area contributed by atoms with Gasteiger partial charge in [0, 0.05) is 19.3 Å². The molecule has 0 N–H and O–H groups in total. The summed E-state index contributed by atoms with van der Waals surface area (Å²) in [5.41, 5.74) is 0. The van der Waals surface area contributed by atoms with Crippen molar-refractivity contribution in [3.63, 3.8) is 0 Å². The number of carbonyl (C=O) groups excluding carboxylic acids is 3. The number of hydrogen-bond acceptors (Lipinski definition) is 6. The lowest BCUT2D eigenvalue weighted by Gasteiger charge is -2.18. The Balaban J connectivity index is 4.24. The molecule has 0 saturated heterocycles. The Kier molecular flexibility index (Phi) is 54.9. The van der Waals surface area contributed by atoms with Crippen LogP contribution in [0.1, 0.15) is 252 Å². The highest BCUT2D eigenvalue weighted by molar-refractivity contribution is 5.71. The molecule has 0 radical (unpaired) electrons. The monoisotopic (exact) mass is 983 g/mol. The SMILES string of the molecule is CC/C=C\C/C=C\C/C=C\C/C=C\C/C=C\C/C=C\C/C=C\C/C=C\C/C=C\C/C=C\CCCCC(=O)OCC(COC(=O)CCCCCCCCCC)OC(=O)CCCCCCCCCCCCCC. The van der Waals surface area contributed by atoms with Crippen LogP contribution in [0.4, 0.5) is 0 Å². The van der Waals surface area contributed by atoms with Gasteiger partial charge < -0.3 is 14.2 Å². The zero-order chi connectivity index (χ0) is 51.4. The molecule has 402 valence electrons. The van der Waals surface area contributed by atoms with Gasteiger partial charge in [-0.05, 0) is 96.3 Å². The molecule has 0 aromatic carbocycles. The summed E-state index contributed by atoms with van der Waals surface area (Å²) in [6, 6.07) is 0. The van der Waals surface area contributed by atoms with Crippen molar-refractivity contribution in [1.29, 1.82) is 0 Å². The third-order valence-electron chi connectivity index (χ3n) is 12.0. The lowest BCUT2D eigenvalue weighted by Crippen LogP contribution is -2.30.